The predicted molar refractivity (Wildman–Crippen MR) is 129 cm³/mol. The van der Waals surface area contributed by atoms with Crippen LogP contribution in [-0.2, 0) is 12.8 Å². The van der Waals surface area contributed by atoms with Crippen LogP contribution < -0.4 is 14.8 Å². The molecule has 1 heterocycles. The van der Waals surface area contributed by atoms with E-state index in [0.717, 1.165) is 35.3 Å². The highest BCUT2D eigenvalue weighted by Crippen LogP contribution is 2.38. The SMILES string of the molecule is Cc1cc(C(=O)NCCc2ccc(Cl)cc2Cl)ccc1Oc1cc2c(cc1Cl)CCCO2. The van der Waals surface area contributed by atoms with E-state index >= 15 is 0 Å². The van der Waals surface area contributed by atoms with Crippen LogP contribution in [0.4, 0.5) is 0 Å². The Morgan fingerprint density at radius 1 is 1.03 bits per heavy atom. The monoisotopic (exact) mass is 489 g/mol. The van der Waals surface area contributed by atoms with Gasteiger partial charge < -0.3 is 14.8 Å². The van der Waals surface area contributed by atoms with Gasteiger partial charge in [0, 0.05) is 28.2 Å². The van der Waals surface area contributed by atoms with Crippen molar-refractivity contribution in [3.63, 3.8) is 0 Å². The molecule has 7 heteroatoms. The first-order valence-corrected chi connectivity index (χ1v) is 11.5. The van der Waals surface area contributed by atoms with Crippen molar-refractivity contribution in [2.75, 3.05) is 13.2 Å². The number of aryl methyl sites for hydroxylation is 2. The molecule has 0 unspecified atom stereocenters. The van der Waals surface area contributed by atoms with E-state index in [1.807, 2.05) is 25.1 Å². The van der Waals surface area contributed by atoms with E-state index in [1.54, 1.807) is 30.3 Å². The minimum absolute atomic E-state index is 0.162. The first-order valence-electron chi connectivity index (χ1n) is 10.4. The molecule has 166 valence electrons. The number of hydrogen-bond donors (Lipinski definition) is 1. The summed E-state index contributed by atoms with van der Waals surface area (Å²) in [6, 6.07) is 14.4. The van der Waals surface area contributed by atoms with Crippen molar-refractivity contribution in [1.29, 1.82) is 0 Å². The molecule has 1 aliphatic heterocycles. The number of amides is 1. The molecule has 1 amide bonds. The summed E-state index contributed by atoms with van der Waals surface area (Å²) in [5.74, 6) is 1.81. The molecular formula is C25H22Cl3NO3. The van der Waals surface area contributed by atoms with Gasteiger partial charge in [0.15, 0.2) is 0 Å². The Hall–Kier alpha value is -2.40. The van der Waals surface area contributed by atoms with Gasteiger partial charge in [0.1, 0.15) is 17.2 Å². The highest BCUT2D eigenvalue weighted by atomic mass is 35.5. The van der Waals surface area contributed by atoms with Crippen LogP contribution in [0.5, 0.6) is 17.2 Å². The third-order valence-corrected chi connectivity index (χ3v) is 6.20. The van der Waals surface area contributed by atoms with Crippen LogP contribution in [0.25, 0.3) is 0 Å². The molecule has 0 radical (unpaired) electrons. The topological polar surface area (TPSA) is 47.6 Å². The van der Waals surface area contributed by atoms with E-state index in [1.165, 1.54) is 0 Å². The van der Waals surface area contributed by atoms with E-state index in [2.05, 4.69) is 5.32 Å². The molecule has 1 N–H and O–H groups in total. The molecule has 0 bridgehead atoms. The number of fused-ring (bicyclic) bond motifs is 1. The van der Waals surface area contributed by atoms with Gasteiger partial charge in [-0.15, -0.1) is 0 Å². The number of carbonyl (C=O) groups is 1. The number of nitrogens with one attached hydrogen (secondary N) is 1. The van der Waals surface area contributed by atoms with E-state index in [0.29, 0.717) is 51.7 Å². The molecule has 32 heavy (non-hydrogen) atoms. The van der Waals surface area contributed by atoms with Crippen LogP contribution in [0.3, 0.4) is 0 Å². The lowest BCUT2D eigenvalue weighted by molar-refractivity contribution is 0.0954. The Bertz CT molecular complexity index is 1160. The summed E-state index contributed by atoms with van der Waals surface area (Å²) in [5.41, 5.74) is 3.41. The number of halogens is 3. The Labute approximate surface area is 202 Å². The highest BCUT2D eigenvalue weighted by molar-refractivity contribution is 6.35. The van der Waals surface area contributed by atoms with Crippen molar-refractivity contribution in [3.05, 3.63) is 85.9 Å². The molecule has 0 atom stereocenters. The molecule has 0 saturated carbocycles. The smallest absolute Gasteiger partial charge is 0.251 e. The van der Waals surface area contributed by atoms with Gasteiger partial charge in [-0.1, -0.05) is 40.9 Å². The van der Waals surface area contributed by atoms with E-state index in [4.69, 9.17) is 44.3 Å². The van der Waals surface area contributed by atoms with Crippen molar-refractivity contribution in [3.8, 4) is 17.2 Å². The van der Waals surface area contributed by atoms with Crippen LogP contribution in [0.1, 0.15) is 33.5 Å². The molecule has 4 nitrogen and oxygen atoms in total. The minimum Gasteiger partial charge on any atom is -0.493 e. The maximum Gasteiger partial charge on any atom is 0.251 e. The summed E-state index contributed by atoms with van der Waals surface area (Å²) in [5, 5.41) is 4.64. The van der Waals surface area contributed by atoms with Gasteiger partial charge in [-0.25, -0.2) is 0 Å². The molecule has 0 aromatic heterocycles. The fraction of sp³-hybridized carbons (Fsp3) is 0.240. The third-order valence-electron chi connectivity index (χ3n) is 5.32. The summed E-state index contributed by atoms with van der Waals surface area (Å²) >= 11 is 18.5. The Balaban J connectivity index is 1.40. The molecule has 3 aromatic carbocycles. The fourth-order valence-corrected chi connectivity index (χ4v) is 4.32. The van der Waals surface area contributed by atoms with Crippen LogP contribution in [0.2, 0.25) is 15.1 Å². The van der Waals surface area contributed by atoms with Crippen molar-refractivity contribution >= 4 is 40.7 Å². The molecule has 0 fully saturated rings. The third kappa shape index (κ3) is 5.32. The van der Waals surface area contributed by atoms with E-state index in [9.17, 15) is 4.79 Å². The lowest BCUT2D eigenvalue weighted by atomic mass is 10.1. The fourth-order valence-electron chi connectivity index (χ4n) is 3.59. The molecular weight excluding hydrogens is 469 g/mol. The Kier molecular flexibility index (Phi) is 7.14. The lowest BCUT2D eigenvalue weighted by Crippen LogP contribution is -2.25. The maximum atomic E-state index is 12.6. The van der Waals surface area contributed by atoms with Gasteiger partial charge in [-0.3, -0.25) is 4.79 Å². The predicted octanol–water partition coefficient (Wildman–Crippen LogP) is 7.05. The maximum absolute atomic E-state index is 12.6. The molecule has 0 spiro atoms. The summed E-state index contributed by atoms with van der Waals surface area (Å²) < 4.78 is 11.7. The second kappa shape index (κ2) is 10.0. The zero-order chi connectivity index (χ0) is 22.7. The average Bonchev–Trinajstić information content (AvgIpc) is 2.77. The van der Waals surface area contributed by atoms with Crippen LogP contribution in [-0.4, -0.2) is 19.1 Å². The lowest BCUT2D eigenvalue weighted by Gasteiger charge is -2.19. The molecule has 3 aromatic rings. The van der Waals surface area contributed by atoms with Crippen molar-refractivity contribution in [1.82, 2.24) is 5.32 Å². The molecule has 0 saturated heterocycles. The first-order chi connectivity index (χ1) is 15.4. The van der Waals surface area contributed by atoms with Gasteiger partial charge in [0.05, 0.1) is 11.6 Å². The summed E-state index contributed by atoms with van der Waals surface area (Å²) in [6.45, 7) is 3.05. The van der Waals surface area contributed by atoms with Crippen LogP contribution >= 0.6 is 34.8 Å². The second-order valence-electron chi connectivity index (χ2n) is 7.67. The van der Waals surface area contributed by atoms with Crippen molar-refractivity contribution < 1.29 is 14.3 Å². The largest absolute Gasteiger partial charge is 0.493 e. The summed E-state index contributed by atoms with van der Waals surface area (Å²) in [6.07, 6.45) is 2.54. The van der Waals surface area contributed by atoms with Crippen LogP contribution in [0, 0.1) is 6.92 Å². The highest BCUT2D eigenvalue weighted by Gasteiger charge is 2.16. The number of rotatable bonds is 6. The van der Waals surface area contributed by atoms with Gasteiger partial charge in [0.2, 0.25) is 0 Å². The van der Waals surface area contributed by atoms with E-state index < -0.39 is 0 Å². The van der Waals surface area contributed by atoms with Crippen LogP contribution in [0.15, 0.2) is 48.5 Å². The first kappa shape index (κ1) is 22.8. The number of hydrogen-bond acceptors (Lipinski definition) is 3. The standard InChI is InChI=1S/C25H22Cl3NO3/c1-15-11-18(25(30)29-9-8-16-4-6-19(26)13-20(16)27)5-7-22(15)32-24-14-23-17(12-21(24)28)3-2-10-31-23/h4-7,11-14H,2-3,8-10H2,1H3,(H,29,30). The Morgan fingerprint density at radius 3 is 2.66 bits per heavy atom. The van der Waals surface area contributed by atoms with Gasteiger partial charge in [-0.05, 0) is 79.3 Å². The van der Waals surface area contributed by atoms with E-state index in [-0.39, 0.29) is 5.91 Å². The van der Waals surface area contributed by atoms with Gasteiger partial charge in [-0.2, -0.15) is 0 Å². The number of carbonyl (C=O) groups excluding carboxylic acids is 1. The number of ether oxygens (including phenoxy) is 2. The summed E-state index contributed by atoms with van der Waals surface area (Å²) in [7, 11) is 0. The normalized spacial score (nSPS) is 12.6. The summed E-state index contributed by atoms with van der Waals surface area (Å²) in [4.78, 5) is 12.6. The van der Waals surface area contributed by atoms with Gasteiger partial charge >= 0.3 is 0 Å². The Morgan fingerprint density at radius 2 is 1.88 bits per heavy atom. The minimum atomic E-state index is -0.162. The zero-order valence-corrected chi connectivity index (χ0v) is 19.8. The van der Waals surface area contributed by atoms with Crippen molar-refractivity contribution in [2.45, 2.75) is 26.2 Å². The molecule has 4 rings (SSSR count). The van der Waals surface area contributed by atoms with Crippen molar-refractivity contribution in [2.24, 2.45) is 0 Å². The second-order valence-corrected chi connectivity index (χ2v) is 8.92. The number of benzene rings is 3. The molecule has 0 aliphatic carbocycles. The average molecular weight is 491 g/mol. The zero-order valence-electron chi connectivity index (χ0n) is 17.5. The van der Waals surface area contributed by atoms with Gasteiger partial charge in [0.25, 0.3) is 5.91 Å². The molecule has 1 aliphatic rings. The quantitative estimate of drug-likeness (QED) is 0.403.